The maximum atomic E-state index is 12.4. The normalized spacial score (nSPS) is 11.8. The Morgan fingerprint density at radius 3 is 1.12 bits per heavy atom. The van der Waals surface area contributed by atoms with Crippen LogP contribution in [0, 0.1) is 5.41 Å². The van der Waals surface area contributed by atoms with E-state index in [0.717, 1.165) is 19.3 Å². The van der Waals surface area contributed by atoms with E-state index in [1.165, 1.54) is 103 Å². The number of rotatable bonds is 20. The van der Waals surface area contributed by atoms with Gasteiger partial charge in [0.15, 0.2) is 0 Å². The smallest absolute Gasteiger partial charge is 0.223 e. The molecule has 2 N–H and O–H groups in total. The van der Waals surface area contributed by atoms with Crippen LogP contribution in [0.15, 0.2) is 0 Å². The highest BCUT2D eigenvalue weighted by Gasteiger charge is 2.34. The summed E-state index contributed by atoms with van der Waals surface area (Å²) >= 11 is 0. The van der Waals surface area contributed by atoms with Gasteiger partial charge < -0.3 is 5.73 Å². The van der Waals surface area contributed by atoms with Gasteiger partial charge in [-0.25, -0.2) is 0 Å². The zero-order valence-corrected chi connectivity index (χ0v) is 18.4. The molecule has 2 heteroatoms. The lowest BCUT2D eigenvalue weighted by atomic mass is 9.73. The maximum Gasteiger partial charge on any atom is 0.223 e. The first-order valence-corrected chi connectivity index (χ1v) is 11.9. The molecule has 1 amide bonds. The summed E-state index contributed by atoms with van der Waals surface area (Å²) in [6, 6.07) is 0. The standard InChI is InChI=1S/C24H49NO/c1-4-7-10-13-14-15-16-19-22-24(23(25)26,20-17-11-8-5-2)21-18-12-9-6-3/h4-22H2,1-3H3,(H2,25,26). The van der Waals surface area contributed by atoms with Gasteiger partial charge in [-0.2, -0.15) is 0 Å². The third-order valence-electron chi connectivity index (χ3n) is 6.05. The molecule has 0 radical (unpaired) electrons. The summed E-state index contributed by atoms with van der Waals surface area (Å²) in [6.45, 7) is 6.75. The Bertz CT molecular complexity index is 301. The summed E-state index contributed by atoms with van der Waals surface area (Å²) in [5.74, 6) is -0.0200. The van der Waals surface area contributed by atoms with E-state index in [-0.39, 0.29) is 11.3 Å². The van der Waals surface area contributed by atoms with Crippen LogP contribution < -0.4 is 5.73 Å². The fourth-order valence-electron chi connectivity index (χ4n) is 4.12. The highest BCUT2D eigenvalue weighted by atomic mass is 16.1. The van der Waals surface area contributed by atoms with Gasteiger partial charge in [-0.15, -0.1) is 0 Å². The zero-order chi connectivity index (χ0) is 19.5. The number of hydrogen-bond donors (Lipinski definition) is 1. The molecule has 0 rings (SSSR count). The largest absolute Gasteiger partial charge is 0.369 e. The Morgan fingerprint density at radius 1 is 0.538 bits per heavy atom. The van der Waals surface area contributed by atoms with Crippen LogP contribution in [-0.2, 0) is 4.79 Å². The first-order valence-electron chi connectivity index (χ1n) is 11.9. The van der Waals surface area contributed by atoms with Gasteiger partial charge in [0.25, 0.3) is 0 Å². The van der Waals surface area contributed by atoms with E-state index >= 15 is 0 Å². The fraction of sp³-hybridized carbons (Fsp3) is 0.958. The Morgan fingerprint density at radius 2 is 0.808 bits per heavy atom. The number of nitrogens with two attached hydrogens (primary N) is 1. The molecule has 0 spiro atoms. The molecule has 0 heterocycles. The van der Waals surface area contributed by atoms with Crippen molar-refractivity contribution in [2.24, 2.45) is 11.1 Å². The van der Waals surface area contributed by atoms with Crippen molar-refractivity contribution in [3.8, 4) is 0 Å². The molecule has 0 aromatic heterocycles. The quantitative estimate of drug-likeness (QED) is 0.218. The molecule has 0 fully saturated rings. The van der Waals surface area contributed by atoms with E-state index in [1.54, 1.807) is 0 Å². The van der Waals surface area contributed by atoms with E-state index < -0.39 is 0 Å². The van der Waals surface area contributed by atoms with Crippen LogP contribution in [0.2, 0.25) is 0 Å². The SMILES string of the molecule is CCCCCCCCCCC(CCCCCC)(CCCCCC)C(N)=O. The molecule has 0 unspecified atom stereocenters. The van der Waals surface area contributed by atoms with Crippen LogP contribution in [0.25, 0.3) is 0 Å². The number of amides is 1. The average Bonchev–Trinajstić information content (AvgIpc) is 2.63. The molecule has 0 saturated carbocycles. The first kappa shape index (κ1) is 25.5. The number of carbonyl (C=O) groups excluding carboxylic acids is 1. The monoisotopic (exact) mass is 367 g/mol. The van der Waals surface area contributed by atoms with E-state index in [0.29, 0.717) is 0 Å². The minimum atomic E-state index is -0.219. The average molecular weight is 368 g/mol. The van der Waals surface area contributed by atoms with Gasteiger partial charge in [-0.05, 0) is 19.3 Å². The summed E-state index contributed by atoms with van der Waals surface area (Å²) in [7, 11) is 0. The molecular formula is C24H49NO. The van der Waals surface area contributed by atoms with Crippen molar-refractivity contribution in [2.75, 3.05) is 0 Å². The van der Waals surface area contributed by atoms with E-state index in [2.05, 4.69) is 20.8 Å². The number of hydrogen-bond acceptors (Lipinski definition) is 1. The highest BCUT2D eigenvalue weighted by Crippen LogP contribution is 2.37. The number of primary amides is 1. The highest BCUT2D eigenvalue weighted by molar-refractivity contribution is 5.80. The Hall–Kier alpha value is -0.530. The van der Waals surface area contributed by atoms with Crippen molar-refractivity contribution < 1.29 is 4.79 Å². The van der Waals surface area contributed by atoms with Gasteiger partial charge in [-0.1, -0.05) is 124 Å². The Labute approximate surface area is 165 Å². The van der Waals surface area contributed by atoms with Crippen LogP contribution in [0.1, 0.15) is 143 Å². The van der Waals surface area contributed by atoms with Crippen molar-refractivity contribution in [3.05, 3.63) is 0 Å². The van der Waals surface area contributed by atoms with Crippen molar-refractivity contribution in [1.29, 1.82) is 0 Å². The summed E-state index contributed by atoms with van der Waals surface area (Å²) in [6.07, 6.45) is 23.5. The van der Waals surface area contributed by atoms with Crippen LogP contribution in [-0.4, -0.2) is 5.91 Å². The second-order valence-electron chi connectivity index (χ2n) is 8.49. The molecule has 2 nitrogen and oxygen atoms in total. The van der Waals surface area contributed by atoms with Crippen molar-refractivity contribution >= 4 is 5.91 Å². The molecule has 0 bridgehead atoms. The van der Waals surface area contributed by atoms with Crippen molar-refractivity contribution in [3.63, 3.8) is 0 Å². The van der Waals surface area contributed by atoms with E-state index in [9.17, 15) is 4.79 Å². The van der Waals surface area contributed by atoms with Crippen molar-refractivity contribution in [1.82, 2.24) is 0 Å². The van der Waals surface area contributed by atoms with Crippen LogP contribution in [0.5, 0.6) is 0 Å². The third kappa shape index (κ3) is 12.8. The minimum Gasteiger partial charge on any atom is -0.369 e. The lowest BCUT2D eigenvalue weighted by Gasteiger charge is -2.31. The molecule has 156 valence electrons. The molecule has 0 aliphatic rings. The van der Waals surface area contributed by atoms with Gasteiger partial charge >= 0.3 is 0 Å². The van der Waals surface area contributed by atoms with Crippen LogP contribution in [0.3, 0.4) is 0 Å². The van der Waals surface area contributed by atoms with Crippen LogP contribution >= 0.6 is 0 Å². The van der Waals surface area contributed by atoms with Crippen LogP contribution in [0.4, 0.5) is 0 Å². The second kappa shape index (κ2) is 17.9. The molecule has 0 aromatic rings. The zero-order valence-electron chi connectivity index (χ0n) is 18.4. The molecule has 0 atom stereocenters. The van der Waals surface area contributed by atoms with Gasteiger partial charge in [0.2, 0.25) is 5.91 Å². The Balaban J connectivity index is 4.35. The third-order valence-corrected chi connectivity index (χ3v) is 6.05. The fourth-order valence-corrected chi connectivity index (χ4v) is 4.12. The lowest BCUT2D eigenvalue weighted by molar-refractivity contribution is -0.129. The van der Waals surface area contributed by atoms with Crippen molar-refractivity contribution in [2.45, 2.75) is 143 Å². The number of carbonyl (C=O) groups is 1. The first-order chi connectivity index (χ1) is 12.6. The van der Waals surface area contributed by atoms with Gasteiger partial charge in [0.1, 0.15) is 0 Å². The predicted octanol–water partition coefficient (Wildman–Crippen LogP) is 7.93. The summed E-state index contributed by atoms with van der Waals surface area (Å²) in [5.41, 5.74) is 5.74. The summed E-state index contributed by atoms with van der Waals surface area (Å²) < 4.78 is 0. The molecule has 0 aliphatic carbocycles. The number of unbranched alkanes of at least 4 members (excludes halogenated alkanes) is 13. The molecule has 0 saturated heterocycles. The molecule has 0 aliphatic heterocycles. The summed E-state index contributed by atoms with van der Waals surface area (Å²) in [4.78, 5) is 12.4. The topological polar surface area (TPSA) is 43.1 Å². The molecule has 26 heavy (non-hydrogen) atoms. The Kier molecular flexibility index (Phi) is 17.5. The predicted molar refractivity (Wildman–Crippen MR) is 116 cm³/mol. The van der Waals surface area contributed by atoms with E-state index in [1.807, 2.05) is 0 Å². The minimum absolute atomic E-state index is 0.0200. The lowest BCUT2D eigenvalue weighted by Crippen LogP contribution is -2.37. The second-order valence-corrected chi connectivity index (χ2v) is 8.49. The van der Waals surface area contributed by atoms with Gasteiger partial charge in [0, 0.05) is 5.41 Å². The maximum absolute atomic E-state index is 12.4. The van der Waals surface area contributed by atoms with Gasteiger partial charge in [0.05, 0.1) is 0 Å². The van der Waals surface area contributed by atoms with Gasteiger partial charge in [-0.3, -0.25) is 4.79 Å². The molecule has 0 aromatic carbocycles. The molecular weight excluding hydrogens is 318 g/mol. The van der Waals surface area contributed by atoms with E-state index in [4.69, 9.17) is 5.73 Å². The summed E-state index contributed by atoms with van der Waals surface area (Å²) in [5, 5.41) is 0.